The van der Waals surface area contributed by atoms with E-state index in [2.05, 4.69) is 23.1 Å². The minimum atomic E-state index is 0.171. The van der Waals surface area contributed by atoms with Crippen molar-refractivity contribution in [1.29, 1.82) is 0 Å². The van der Waals surface area contributed by atoms with Crippen LogP contribution in [-0.4, -0.2) is 33.6 Å². The fraction of sp³-hybridized carbons (Fsp3) is 0.474. The number of ketones is 1. The molecule has 3 rings (SSSR count). The highest BCUT2D eigenvalue weighted by molar-refractivity contribution is 5.83. The van der Waals surface area contributed by atoms with Crippen LogP contribution < -0.4 is 0 Å². The molecule has 0 saturated carbocycles. The monoisotopic (exact) mass is 311 g/mol. The molecule has 2 aromatic rings. The molecule has 0 unspecified atom stereocenters. The minimum Gasteiger partial charge on any atom is -0.299 e. The van der Waals surface area contributed by atoms with Gasteiger partial charge in [-0.15, -0.1) is 0 Å². The van der Waals surface area contributed by atoms with Gasteiger partial charge in [-0.05, 0) is 31.9 Å². The molecule has 23 heavy (non-hydrogen) atoms. The Morgan fingerprint density at radius 3 is 2.83 bits per heavy atom. The number of likely N-dealkylation sites (tertiary alicyclic amines) is 1. The molecule has 0 bridgehead atoms. The van der Waals surface area contributed by atoms with E-state index in [4.69, 9.17) is 0 Å². The van der Waals surface area contributed by atoms with Gasteiger partial charge in [0.25, 0.3) is 0 Å². The molecule has 0 radical (unpaired) electrons. The zero-order valence-corrected chi connectivity index (χ0v) is 13.8. The minimum absolute atomic E-state index is 0.171. The van der Waals surface area contributed by atoms with Gasteiger partial charge in [-0.1, -0.05) is 30.3 Å². The lowest BCUT2D eigenvalue weighted by molar-refractivity contribution is -0.123. The van der Waals surface area contributed by atoms with Crippen molar-refractivity contribution in [3.8, 4) is 0 Å². The zero-order valence-electron chi connectivity index (χ0n) is 13.8. The van der Waals surface area contributed by atoms with Crippen LogP contribution in [0, 0.1) is 5.92 Å². The van der Waals surface area contributed by atoms with E-state index < -0.39 is 0 Å². The average molecular weight is 311 g/mol. The fourth-order valence-corrected chi connectivity index (χ4v) is 3.32. The molecule has 1 fully saturated rings. The van der Waals surface area contributed by atoms with Crippen LogP contribution in [0.4, 0.5) is 0 Å². The summed E-state index contributed by atoms with van der Waals surface area (Å²) < 4.78 is 1.96. The van der Waals surface area contributed by atoms with E-state index >= 15 is 0 Å². The summed E-state index contributed by atoms with van der Waals surface area (Å²) >= 11 is 0. The van der Waals surface area contributed by atoms with Gasteiger partial charge in [0.2, 0.25) is 0 Å². The highest BCUT2D eigenvalue weighted by atomic mass is 16.1. The normalized spacial score (nSPS) is 18.9. The van der Waals surface area contributed by atoms with Crippen molar-refractivity contribution in [1.82, 2.24) is 14.7 Å². The molecule has 1 aliphatic heterocycles. The molecule has 122 valence electrons. The third kappa shape index (κ3) is 4.29. The maximum atomic E-state index is 12.6. The Labute approximate surface area is 138 Å². The number of Topliss-reactive ketones (excluding diaryl/α,β-unsaturated/α-hetero) is 1. The van der Waals surface area contributed by atoms with Crippen molar-refractivity contribution >= 4 is 5.78 Å². The molecule has 1 aromatic heterocycles. The van der Waals surface area contributed by atoms with Gasteiger partial charge in [0.05, 0.1) is 6.20 Å². The van der Waals surface area contributed by atoms with Gasteiger partial charge in [0, 0.05) is 43.7 Å². The number of hydrogen-bond donors (Lipinski definition) is 0. The van der Waals surface area contributed by atoms with Crippen molar-refractivity contribution in [3.63, 3.8) is 0 Å². The predicted molar refractivity (Wildman–Crippen MR) is 91.1 cm³/mol. The van der Waals surface area contributed by atoms with Crippen LogP contribution in [-0.2, 0) is 24.3 Å². The van der Waals surface area contributed by atoms with Crippen LogP contribution in [0.1, 0.15) is 30.9 Å². The Kier molecular flexibility index (Phi) is 5.23. The number of hydrogen-bond acceptors (Lipinski definition) is 3. The van der Waals surface area contributed by atoms with Crippen LogP contribution >= 0.6 is 0 Å². The Morgan fingerprint density at radius 1 is 1.26 bits per heavy atom. The molecule has 1 saturated heterocycles. The summed E-state index contributed by atoms with van der Waals surface area (Å²) in [5.74, 6) is 0.551. The Morgan fingerprint density at radius 2 is 2.09 bits per heavy atom. The lowest BCUT2D eigenvalue weighted by Gasteiger charge is -2.31. The van der Waals surface area contributed by atoms with Crippen LogP contribution in [0.15, 0.2) is 42.7 Å². The largest absolute Gasteiger partial charge is 0.299 e. The Bertz CT molecular complexity index is 635. The first kappa shape index (κ1) is 15.9. The number of piperidine rings is 1. The molecule has 4 nitrogen and oxygen atoms in total. The van der Waals surface area contributed by atoms with E-state index in [1.807, 2.05) is 41.2 Å². The van der Waals surface area contributed by atoms with E-state index in [1.54, 1.807) is 0 Å². The molecular weight excluding hydrogens is 286 g/mol. The van der Waals surface area contributed by atoms with Crippen molar-refractivity contribution in [2.24, 2.45) is 5.92 Å². The summed E-state index contributed by atoms with van der Waals surface area (Å²) in [5.41, 5.74) is 2.36. The van der Waals surface area contributed by atoms with Gasteiger partial charge in [-0.2, -0.15) is 5.10 Å². The molecule has 1 aromatic carbocycles. The van der Waals surface area contributed by atoms with Crippen molar-refractivity contribution in [2.75, 3.05) is 13.1 Å². The van der Waals surface area contributed by atoms with Crippen molar-refractivity contribution in [2.45, 2.75) is 39.3 Å². The lowest BCUT2D eigenvalue weighted by Crippen LogP contribution is -2.38. The van der Waals surface area contributed by atoms with E-state index in [0.29, 0.717) is 12.2 Å². The van der Waals surface area contributed by atoms with Gasteiger partial charge in [0.1, 0.15) is 5.78 Å². The molecule has 1 aliphatic rings. The maximum absolute atomic E-state index is 12.6. The molecule has 0 aliphatic carbocycles. The quantitative estimate of drug-likeness (QED) is 0.823. The number of rotatable bonds is 6. The summed E-state index contributed by atoms with van der Waals surface area (Å²) in [6.07, 6.45) is 6.74. The summed E-state index contributed by atoms with van der Waals surface area (Å²) in [6.45, 7) is 5.85. The summed E-state index contributed by atoms with van der Waals surface area (Å²) in [7, 11) is 0. The van der Waals surface area contributed by atoms with Crippen molar-refractivity contribution < 1.29 is 4.79 Å². The SMILES string of the molecule is CCn1cc(CN2CCC[C@H](C(=O)Cc3ccccc3)C2)cn1. The van der Waals surface area contributed by atoms with Gasteiger partial charge < -0.3 is 0 Å². The zero-order chi connectivity index (χ0) is 16.1. The summed E-state index contributed by atoms with van der Waals surface area (Å²) in [6, 6.07) is 10.1. The van der Waals surface area contributed by atoms with Crippen LogP contribution in [0.5, 0.6) is 0 Å². The van der Waals surface area contributed by atoms with Crippen LogP contribution in [0.2, 0.25) is 0 Å². The number of carbonyl (C=O) groups excluding carboxylic acids is 1. The number of aromatic nitrogens is 2. The first-order valence-electron chi connectivity index (χ1n) is 8.55. The second kappa shape index (κ2) is 7.55. The van der Waals surface area contributed by atoms with Crippen LogP contribution in [0.3, 0.4) is 0 Å². The Hall–Kier alpha value is -1.94. The molecule has 4 heteroatoms. The highest BCUT2D eigenvalue weighted by Gasteiger charge is 2.25. The Balaban J connectivity index is 1.56. The van der Waals surface area contributed by atoms with E-state index in [-0.39, 0.29) is 5.92 Å². The molecule has 0 spiro atoms. The van der Waals surface area contributed by atoms with E-state index in [1.165, 1.54) is 5.56 Å². The standard InChI is InChI=1S/C19H25N3O/c1-2-22-14-17(12-20-22)13-21-10-6-9-18(15-21)19(23)11-16-7-4-3-5-8-16/h3-5,7-8,12,14,18H,2,6,9-11,13,15H2,1H3/t18-/m0/s1. The first-order chi connectivity index (χ1) is 11.2. The number of carbonyl (C=O) groups is 1. The smallest absolute Gasteiger partial charge is 0.141 e. The average Bonchev–Trinajstić information content (AvgIpc) is 3.03. The third-order valence-corrected chi connectivity index (χ3v) is 4.60. The fourth-order valence-electron chi connectivity index (χ4n) is 3.32. The molecule has 0 amide bonds. The topological polar surface area (TPSA) is 38.1 Å². The van der Waals surface area contributed by atoms with Crippen molar-refractivity contribution in [3.05, 3.63) is 53.9 Å². The second-order valence-electron chi connectivity index (χ2n) is 6.41. The van der Waals surface area contributed by atoms with Gasteiger partial charge in [0.15, 0.2) is 0 Å². The summed E-state index contributed by atoms with van der Waals surface area (Å²) in [4.78, 5) is 15.0. The number of aryl methyl sites for hydroxylation is 1. The molecular formula is C19H25N3O. The molecule has 2 heterocycles. The third-order valence-electron chi connectivity index (χ3n) is 4.60. The number of benzene rings is 1. The molecule has 0 N–H and O–H groups in total. The maximum Gasteiger partial charge on any atom is 0.141 e. The predicted octanol–water partition coefficient (Wildman–Crippen LogP) is 2.93. The second-order valence-corrected chi connectivity index (χ2v) is 6.41. The van der Waals surface area contributed by atoms with Gasteiger partial charge >= 0.3 is 0 Å². The van der Waals surface area contributed by atoms with E-state index in [0.717, 1.165) is 44.6 Å². The van der Waals surface area contributed by atoms with E-state index in [9.17, 15) is 4.79 Å². The van der Waals surface area contributed by atoms with Crippen LogP contribution in [0.25, 0.3) is 0 Å². The van der Waals surface area contributed by atoms with Gasteiger partial charge in [-0.25, -0.2) is 0 Å². The lowest BCUT2D eigenvalue weighted by atomic mass is 9.90. The van der Waals surface area contributed by atoms with Gasteiger partial charge in [-0.3, -0.25) is 14.4 Å². The summed E-state index contributed by atoms with van der Waals surface area (Å²) in [5, 5.41) is 4.33. The number of nitrogens with zero attached hydrogens (tertiary/aromatic N) is 3. The molecule has 1 atom stereocenters. The first-order valence-corrected chi connectivity index (χ1v) is 8.55. The highest BCUT2D eigenvalue weighted by Crippen LogP contribution is 2.21.